The van der Waals surface area contributed by atoms with Gasteiger partial charge in [-0.3, -0.25) is 14.8 Å². The summed E-state index contributed by atoms with van der Waals surface area (Å²) in [4.78, 5) is 28.1. The number of amides is 1. The monoisotopic (exact) mass is 334 g/mol. The molecule has 1 atom stereocenters. The van der Waals surface area contributed by atoms with Gasteiger partial charge in [0.05, 0.1) is 6.20 Å². The zero-order valence-corrected chi connectivity index (χ0v) is 14.4. The second-order valence-corrected chi connectivity index (χ2v) is 7.36. The van der Waals surface area contributed by atoms with Crippen molar-refractivity contribution in [3.63, 3.8) is 0 Å². The van der Waals surface area contributed by atoms with Crippen molar-refractivity contribution in [2.45, 2.75) is 45.7 Å². The van der Waals surface area contributed by atoms with Crippen LogP contribution in [-0.2, 0) is 11.3 Å². The van der Waals surface area contributed by atoms with Crippen LogP contribution in [0, 0.1) is 11.8 Å². The SMILES string of the molecule is CC(C)[C@@H]1CN(Cc2cn[nH]c2C(=O)O)CCC(=O)N1CC1CC1. The highest BCUT2D eigenvalue weighted by atomic mass is 16.4. The minimum Gasteiger partial charge on any atom is -0.477 e. The van der Waals surface area contributed by atoms with Gasteiger partial charge in [-0.25, -0.2) is 4.79 Å². The number of carbonyl (C=O) groups excluding carboxylic acids is 1. The van der Waals surface area contributed by atoms with E-state index >= 15 is 0 Å². The molecule has 24 heavy (non-hydrogen) atoms. The van der Waals surface area contributed by atoms with E-state index in [1.54, 1.807) is 6.20 Å². The van der Waals surface area contributed by atoms with E-state index in [1.807, 2.05) is 0 Å². The van der Waals surface area contributed by atoms with Crippen LogP contribution in [0.3, 0.4) is 0 Å². The molecule has 3 rings (SSSR count). The Bertz CT molecular complexity index is 609. The zero-order chi connectivity index (χ0) is 17.3. The first-order chi connectivity index (χ1) is 11.5. The van der Waals surface area contributed by atoms with Crippen molar-refractivity contribution in [1.82, 2.24) is 20.0 Å². The summed E-state index contributed by atoms with van der Waals surface area (Å²) in [7, 11) is 0. The highest BCUT2D eigenvalue weighted by Gasteiger charge is 2.35. The van der Waals surface area contributed by atoms with E-state index in [9.17, 15) is 14.7 Å². The van der Waals surface area contributed by atoms with E-state index in [0.29, 0.717) is 36.9 Å². The molecular formula is C17H26N4O3. The fourth-order valence-electron chi connectivity index (χ4n) is 3.42. The van der Waals surface area contributed by atoms with Crippen molar-refractivity contribution in [2.24, 2.45) is 11.8 Å². The van der Waals surface area contributed by atoms with Crippen LogP contribution in [0.4, 0.5) is 0 Å². The van der Waals surface area contributed by atoms with E-state index in [-0.39, 0.29) is 17.6 Å². The van der Waals surface area contributed by atoms with Crippen molar-refractivity contribution in [2.75, 3.05) is 19.6 Å². The van der Waals surface area contributed by atoms with Crippen LogP contribution in [0.1, 0.15) is 49.2 Å². The Morgan fingerprint density at radius 1 is 1.46 bits per heavy atom. The number of hydrogen-bond donors (Lipinski definition) is 2. The Kier molecular flexibility index (Phi) is 4.89. The standard InChI is InChI=1S/C17H26N4O3/c1-11(2)14-10-20(9-13-7-18-19-16(13)17(23)24)6-5-15(22)21(14)8-12-3-4-12/h7,11-12,14H,3-6,8-10H2,1-2H3,(H,18,19)(H,23,24)/t14-/m0/s1. The second kappa shape index (κ2) is 6.93. The molecule has 0 spiro atoms. The molecule has 2 N–H and O–H groups in total. The van der Waals surface area contributed by atoms with Gasteiger partial charge in [-0.1, -0.05) is 13.8 Å². The first-order valence-electron chi connectivity index (χ1n) is 8.73. The van der Waals surface area contributed by atoms with Gasteiger partial charge in [0.1, 0.15) is 5.69 Å². The molecule has 0 radical (unpaired) electrons. The molecule has 2 fully saturated rings. The quantitative estimate of drug-likeness (QED) is 0.824. The van der Waals surface area contributed by atoms with Crippen LogP contribution in [0.2, 0.25) is 0 Å². The fourth-order valence-corrected chi connectivity index (χ4v) is 3.42. The number of nitrogens with one attached hydrogen (secondary N) is 1. The maximum atomic E-state index is 12.6. The molecule has 2 aliphatic rings. The molecule has 2 heterocycles. The highest BCUT2D eigenvalue weighted by Crippen LogP contribution is 2.32. The van der Waals surface area contributed by atoms with Crippen molar-refractivity contribution in [1.29, 1.82) is 0 Å². The molecule has 7 nitrogen and oxygen atoms in total. The number of H-pyrrole nitrogens is 1. The third-order valence-electron chi connectivity index (χ3n) is 5.05. The summed E-state index contributed by atoms with van der Waals surface area (Å²) in [6, 6.07) is 0.181. The van der Waals surface area contributed by atoms with Crippen LogP contribution in [0.5, 0.6) is 0 Å². The smallest absolute Gasteiger partial charge is 0.354 e. The van der Waals surface area contributed by atoms with Crippen LogP contribution in [-0.4, -0.2) is 62.7 Å². The van der Waals surface area contributed by atoms with Crippen LogP contribution >= 0.6 is 0 Å². The summed E-state index contributed by atoms with van der Waals surface area (Å²) in [6.07, 6.45) is 4.53. The topological polar surface area (TPSA) is 89.5 Å². The van der Waals surface area contributed by atoms with Gasteiger partial charge in [0.15, 0.2) is 0 Å². The predicted octanol–water partition coefficient (Wildman–Crippen LogP) is 1.58. The number of hydrogen-bond acceptors (Lipinski definition) is 4. The highest BCUT2D eigenvalue weighted by molar-refractivity contribution is 5.86. The second-order valence-electron chi connectivity index (χ2n) is 7.36. The van der Waals surface area contributed by atoms with Gasteiger partial charge in [0.2, 0.25) is 5.91 Å². The Balaban J connectivity index is 1.74. The fraction of sp³-hybridized carbons (Fsp3) is 0.706. The van der Waals surface area contributed by atoms with E-state index < -0.39 is 5.97 Å². The number of carbonyl (C=O) groups is 2. The number of aromatic amines is 1. The molecule has 1 aliphatic heterocycles. The molecule has 1 aromatic rings. The summed E-state index contributed by atoms with van der Waals surface area (Å²) < 4.78 is 0. The molecular weight excluding hydrogens is 308 g/mol. The molecule has 1 amide bonds. The predicted molar refractivity (Wildman–Crippen MR) is 88.5 cm³/mol. The molecule has 132 valence electrons. The average Bonchev–Trinajstić information content (AvgIpc) is 3.25. The molecule has 0 bridgehead atoms. The Morgan fingerprint density at radius 3 is 2.83 bits per heavy atom. The zero-order valence-electron chi connectivity index (χ0n) is 14.4. The lowest BCUT2D eigenvalue weighted by molar-refractivity contribution is -0.133. The summed E-state index contributed by atoms with van der Waals surface area (Å²) in [6.45, 7) is 7.13. The lowest BCUT2D eigenvalue weighted by atomic mass is 10.0. The minimum absolute atomic E-state index is 0.140. The van der Waals surface area contributed by atoms with E-state index in [1.165, 1.54) is 12.8 Å². The lowest BCUT2D eigenvalue weighted by Crippen LogP contribution is -2.47. The summed E-state index contributed by atoms with van der Waals surface area (Å²) in [5.41, 5.74) is 0.814. The van der Waals surface area contributed by atoms with E-state index in [4.69, 9.17) is 0 Å². The Morgan fingerprint density at radius 2 is 2.21 bits per heavy atom. The summed E-state index contributed by atoms with van der Waals surface area (Å²) in [5, 5.41) is 15.6. The Hall–Kier alpha value is -1.89. The van der Waals surface area contributed by atoms with E-state index in [2.05, 4.69) is 33.8 Å². The summed E-state index contributed by atoms with van der Waals surface area (Å²) >= 11 is 0. The van der Waals surface area contributed by atoms with Crippen molar-refractivity contribution >= 4 is 11.9 Å². The van der Waals surface area contributed by atoms with Crippen molar-refractivity contribution in [3.05, 3.63) is 17.5 Å². The average molecular weight is 334 g/mol. The van der Waals surface area contributed by atoms with Crippen molar-refractivity contribution in [3.8, 4) is 0 Å². The van der Waals surface area contributed by atoms with Gasteiger partial charge in [-0.2, -0.15) is 5.10 Å². The maximum absolute atomic E-state index is 12.6. The number of rotatable bonds is 6. The third-order valence-corrected chi connectivity index (χ3v) is 5.05. The maximum Gasteiger partial charge on any atom is 0.354 e. The molecule has 0 aromatic carbocycles. The van der Waals surface area contributed by atoms with Gasteiger partial charge in [-0.05, 0) is 24.7 Å². The molecule has 0 unspecified atom stereocenters. The van der Waals surface area contributed by atoms with Gasteiger partial charge < -0.3 is 10.0 Å². The molecule has 1 saturated heterocycles. The minimum atomic E-state index is -0.996. The van der Waals surface area contributed by atoms with Crippen LogP contribution in [0.15, 0.2) is 6.20 Å². The summed E-state index contributed by atoms with van der Waals surface area (Å²) in [5.74, 6) is 0.281. The Labute approximate surface area is 142 Å². The third kappa shape index (κ3) is 3.77. The first-order valence-corrected chi connectivity index (χ1v) is 8.73. The number of aromatic carboxylic acids is 1. The number of aromatic nitrogens is 2. The van der Waals surface area contributed by atoms with Crippen molar-refractivity contribution < 1.29 is 14.7 Å². The largest absolute Gasteiger partial charge is 0.477 e. The lowest BCUT2D eigenvalue weighted by Gasteiger charge is -2.35. The molecule has 1 aliphatic carbocycles. The molecule has 1 aromatic heterocycles. The first kappa shape index (κ1) is 17.0. The van der Waals surface area contributed by atoms with Gasteiger partial charge in [0, 0.05) is 44.2 Å². The number of carboxylic acids is 1. The van der Waals surface area contributed by atoms with Crippen LogP contribution < -0.4 is 0 Å². The normalized spacial score (nSPS) is 22.9. The molecule has 7 heteroatoms. The number of carboxylic acid groups (broad SMARTS) is 1. The van der Waals surface area contributed by atoms with Crippen LogP contribution in [0.25, 0.3) is 0 Å². The molecule has 1 saturated carbocycles. The number of nitrogens with zero attached hydrogens (tertiary/aromatic N) is 3. The van der Waals surface area contributed by atoms with Gasteiger partial charge in [-0.15, -0.1) is 0 Å². The van der Waals surface area contributed by atoms with Gasteiger partial charge >= 0.3 is 5.97 Å². The van der Waals surface area contributed by atoms with E-state index in [0.717, 1.165) is 13.1 Å². The van der Waals surface area contributed by atoms with Gasteiger partial charge in [0.25, 0.3) is 0 Å².